The number of hydrogen-bond acceptors (Lipinski definition) is 3. The summed E-state index contributed by atoms with van der Waals surface area (Å²) in [5.74, 6) is 0.401. The summed E-state index contributed by atoms with van der Waals surface area (Å²) in [6.07, 6.45) is 0.568. The van der Waals surface area contributed by atoms with Crippen LogP contribution < -0.4 is 10.5 Å². The third kappa shape index (κ3) is 2.80. The number of phenolic OH excluding ortho intramolecular Hbond substituents is 1. The van der Waals surface area contributed by atoms with Gasteiger partial charge in [-0.15, -0.1) is 0 Å². The first-order valence-electron chi connectivity index (χ1n) is 5.10. The molecule has 16 heavy (non-hydrogen) atoms. The van der Waals surface area contributed by atoms with Crippen molar-refractivity contribution >= 4 is 11.6 Å². The first-order chi connectivity index (χ1) is 7.26. The SMILES string of the molecule is COc1c(Cl)cc(C)c(CC(C)(C)N)c1O. The predicted octanol–water partition coefficient (Wildman–Crippen LogP) is 2.64. The molecule has 0 heterocycles. The molecule has 1 aromatic carbocycles. The van der Waals surface area contributed by atoms with E-state index in [4.69, 9.17) is 22.1 Å². The maximum Gasteiger partial charge on any atom is 0.179 e. The van der Waals surface area contributed by atoms with Crippen LogP contribution in [0.3, 0.4) is 0 Å². The quantitative estimate of drug-likeness (QED) is 0.858. The lowest BCUT2D eigenvalue weighted by Gasteiger charge is -2.22. The second kappa shape index (κ2) is 4.52. The van der Waals surface area contributed by atoms with Gasteiger partial charge in [0.1, 0.15) is 0 Å². The van der Waals surface area contributed by atoms with Crippen molar-refractivity contribution < 1.29 is 9.84 Å². The van der Waals surface area contributed by atoms with E-state index in [2.05, 4.69) is 0 Å². The maximum atomic E-state index is 10.0. The van der Waals surface area contributed by atoms with Gasteiger partial charge in [0, 0.05) is 11.1 Å². The van der Waals surface area contributed by atoms with Gasteiger partial charge in [-0.05, 0) is 38.8 Å². The predicted molar refractivity (Wildman–Crippen MR) is 66.4 cm³/mol. The van der Waals surface area contributed by atoms with Crippen molar-refractivity contribution in [1.82, 2.24) is 0 Å². The third-order valence-electron chi connectivity index (χ3n) is 2.37. The summed E-state index contributed by atoms with van der Waals surface area (Å²) in [4.78, 5) is 0. The summed E-state index contributed by atoms with van der Waals surface area (Å²) in [7, 11) is 1.48. The van der Waals surface area contributed by atoms with Crippen molar-refractivity contribution in [3.05, 3.63) is 22.2 Å². The van der Waals surface area contributed by atoms with Crippen molar-refractivity contribution in [2.45, 2.75) is 32.7 Å². The first kappa shape index (κ1) is 13.1. The third-order valence-corrected chi connectivity index (χ3v) is 2.65. The number of hydrogen-bond donors (Lipinski definition) is 2. The fourth-order valence-corrected chi connectivity index (χ4v) is 1.98. The van der Waals surface area contributed by atoms with Crippen LogP contribution in [0, 0.1) is 6.92 Å². The van der Waals surface area contributed by atoms with Gasteiger partial charge in [-0.3, -0.25) is 0 Å². The Bertz CT molecular complexity index is 397. The fourth-order valence-electron chi connectivity index (χ4n) is 1.65. The molecule has 90 valence electrons. The van der Waals surface area contributed by atoms with Crippen LogP contribution in [0.15, 0.2) is 6.07 Å². The van der Waals surface area contributed by atoms with Gasteiger partial charge < -0.3 is 15.6 Å². The monoisotopic (exact) mass is 243 g/mol. The molecule has 0 spiro atoms. The van der Waals surface area contributed by atoms with Gasteiger partial charge in [0.05, 0.1) is 12.1 Å². The van der Waals surface area contributed by atoms with Gasteiger partial charge in [-0.25, -0.2) is 0 Å². The van der Waals surface area contributed by atoms with E-state index in [1.54, 1.807) is 6.07 Å². The van der Waals surface area contributed by atoms with Gasteiger partial charge in [0.2, 0.25) is 0 Å². The minimum absolute atomic E-state index is 0.0889. The van der Waals surface area contributed by atoms with Crippen molar-refractivity contribution in [1.29, 1.82) is 0 Å². The van der Waals surface area contributed by atoms with Crippen molar-refractivity contribution in [2.24, 2.45) is 5.73 Å². The number of aromatic hydroxyl groups is 1. The number of halogens is 1. The number of methoxy groups -OCH3 is 1. The fraction of sp³-hybridized carbons (Fsp3) is 0.500. The molecule has 1 rings (SSSR count). The highest BCUT2D eigenvalue weighted by Crippen LogP contribution is 2.40. The molecule has 0 saturated heterocycles. The topological polar surface area (TPSA) is 55.5 Å². The van der Waals surface area contributed by atoms with Crippen LogP contribution in [0.1, 0.15) is 25.0 Å². The molecule has 0 amide bonds. The standard InChI is InChI=1S/C12H18ClNO2/c1-7-5-9(13)11(16-4)10(15)8(7)6-12(2,3)14/h5,15H,6,14H2,1-4H3. The zero-order chi connectivity index (χ0) is 12.5. The first-order valence-corrected chi connectivity index (χ1v) is 5.48. The smallest absolute Gasteiger partial charge is 0.179 e. The average Bonchev–Trinajstić information content (AvgIpc) is 2.11. The van der Waals surface area contributed by atoms with E-state index >= 15 is 0 Å². The summed E-state index contributed by atoms with van der Waals surface area (Å²) in [5.41, 5.74) is 7.27. The molecule has 0 atom stereocenters. The second-order valence-corrected chi connectivity index (χ2v) is 5.11. The molecule has 0 aromatic heterocycles. The Kier molecular flexibility index (Phi) is 3.71. The Labute approximate surface area is 101 Å². The van der Waals surface area contributed by atoms with Crippen molar-refractivity contribution in [3.8, 4) is 11.5 Å². The summed E-state index contributed by atoms with van der Waals surface area (Å²) < 4.78 is 5.06. The highest BCUT2D eigenvalue weighted by molar-refractivity contribution is 6.32. The largest absolute Gasteiger partial charge is 0.504 e. The minimum Gasteiger partial charge on any atom is -0.504 e. The Balaban J connectivity index is 3.28. The van der Waals surface area contributed by atoms with Crippen LogP contribution in [-0.2, 0) is 6.42 Å². The molecule has 0 aliphatic carbocycles. The van der Waals surface area contributed by atoms with E-state index in [9.17, 15) is 5.11 Å². The highest BCUT2D eigenvalue weighted by Gasteiger charge is 2.20. The molecule has 0 bridgehead atoms. The molecule has 0 saturated carbocycles. The summed E-state index contributed by atoms with van der Waals surface area (Å²) in [6, 6.07) is 1.78. The molecule has 0 radical (unpaired) electrons. The van der Waals surface area contributed by atoms with Crippen molar-refractivity contribution in [3.63, 3.8) is 0 Å². The lowest BCUT2D eigenvalue weighted by molar-refractivity contribution is 0.367. The Hall–Kier alpha value is -0.930. The Morgan fingerprint density at radius 1 is 1.50 bits per heavy atom. The average molecular weight is 244 g/mol. The maximum absolute atomic E-state index is 10.0. The van der Waals surface area contributed by atoms with Crippen LogP contribution in [-0.4, -0.2) is 17.8 Å². The second-order valence-electron chi connectivity index (χ2n) is 4.70. The number of nitrogens with two attached hydrogens (primary N) is 1. The van der Waals surface area contributed by atoms with Crippen LogP contribution in [0.4, 0.5) is 0 Å². The van der Waals surface area contributed by atoms with Crippen LogP contribution in [0.5, 0.6) is 11.5 Å². The van der Waals surface area contributed by atoms with E-state index in [1.165, 1.54) is 7.11 Å². The highest BCUT2D eigenvalue weighted by atomic mass is 35.5. The molecule has 3 nitrogen and oxygen atoms in total. The number of benzene rings is 1. The zero-order valence-corrected chi connectivity index (χ0v) is 10.9. The number of rotatable bonds is 3. The number of ether oxygens (including phenoxy) is 1. The molecule has 0 aliphatic heterocycles. The normalized spacial score (nSPS) is 11.6. The summed E-state index contributed by atoms with van der Waals surface area (Å²) in [6.45, 7) is 5.71. The van der Waals surface area contributed by atoms with Gasteiger partial charge in [-0.2, -0.15) is 0 Å². The van der Waals surface area contributed by atoms with Crippen LogP contribution in [0.2, 0.25) is 5.02 Å². The molecular formula is C12H18ClNO2. The molecule has 0 fully saturated rings. The van der Waals surface area contributed by atoms with Gasteiger partial charge >= 0.3 is 0 Å². The lowest BCUT2D eigenvalue weighted by atomic mass is 9.92. The molecule has 3 N–H and O–H groups in total. The van der Waals surface area contributed by atoms with E-state index in [0.29, 0.717) is 17.2 Å². The van der Waals surface area contributed by atoms with Gasteiger partial charge in [-0.1, -0.05) is 11.6 Å². The summed E-state index contributed by atoms with van der Waals surface area (Å²) in [5, 5.41) is 10.5. The van der Waals surface area contributed by atoms with E-state index in [0.717, 1.165) is 11.1 Å². The zero-order valence-electron chi connectivity index (χ0n) is 10.1. The Morgan fingerprint density at radius 3 is 2.50 bits per heavy atom. The lowest BCUT2D eigenvalue weighted by Crippen LogP contribution is -2.34. The van der Waals surface area contributed by atoms with Crippen molar-refractivity contribution in [2.75, 3.05) is 7.11 Å². The van der Waals surface area contributed by atoms with E-state index in [-0.39, 0.29) is 11.3 Å². The van der Waals surface area contributed by atoms with Crippen LogP contribution in [0.25, 0.3) is 0 Å². The van der Waals surface area contributed by atoms with E-state index < -0.39 is 0 Å². The minimum atomic E-state index is -0.388. The number of aryl methyl sites for hydroxylation is 1. The summed E-state index contributed by atoms with van der Waals surface area (Å²) >= 11 is 5.96. The number of phenols is 1. The molecular weight excluding hydrogens is 226 g/mol. The Morgan fingerprint density at radius 2 is 2.06 bits per heavy atom. The molecule has 4 heteroatoms. The molecule has 0 aliphatic rings. The van der Waals surface area contributed by atoms with Gasteiger partial charge in [0.15, 0.2) is 11.5 Å². The molecule has 0 unspecified atom stereocenters. The molecule has 1 aromatic rings. The van der Waals surface area contributed by atoms with E-state index in [1.807, 2.05) is 20.8 Å². The van der Waals surface area contributed by atoms with Crippen LogP contribution >= 0.6 is 11.6 Å². The van der Waals surface area contributed by atoms with Gasteiger partial charge in [0.25, 0.3) is 0 Å².